The van der Waals surface area contributed by atoms with Crippen molar-refractivity contribution in [1.82, 2.24) is 10.9 Å². The van der Waals surface area contributed by atoms with Gasteiger partial charge >= 0.3 is 0 Å². The van der Waals surface area contributed by atoms with E-state index in [0.717, 1.165) is 30.7 Å². The zero-order valence-corrected chi connectivity index (χ0v) is 15.4. The molecule has 0 aliphatic carbocycles. The summed E-state index contributed by atoms with van der Waals surface area (Å²) in [6, 6.07) is 0. The first kappa shape index (κ1) is 21.3. The number of nitrogens with zero attached hydrogens (tertiary/aromatic N) is 2. The first-order chi connectivity index (χ1) is 10.7. The van der Waals surface area contributed by atoms with Gasteiger partial charge in [0.1, 0.15) is 0 Å². The molecule has 0 spiro atoms. The van der Waals surface area contributed by atoms with Gasteiger partial charge in [-0.1, -0.05) is 34.1 Å². The van der Waals surface area contributed by atoms with E-state index in [4.69, 9.17) is 0 Å². The number of hydrazone groups is 2. The van der Waals surface area contributed by atoms with E-state index in [9.17, 15) is 9.59 Å². The lowest BCUT2D eigenvalue weighted by molar-refractivity contribution is -0.121. The topological polar surface area (TPSA) is 82.9 Å². The molecular weight excluding hydrogens is 292 g/mol. The molecule has 6 nitrogen and oxygen atoms in total. The van der Waals surface area contributed by atoms with Crippen molar-refractivity contribution in [3.05, 3.63) is 0 Å². The lowest BCUT2D eigenvalue weighted by Crippen LogP contribution is -2.20. The van der Waals surface area contributed by atoms with Crippen LogP contribution < -0.4 is 10.9 Å². The Bertz CT molecular complexity index is 400. The van der Waals surface area contributed by atoms with Crippen LogP contribution in [0.25, 0.3) is 0 Å². The van der Waals surface area contributed by atoms with E-state index in [1.54, 1.807) is 0 Å². The average molecular weight is 324 g/mol. The molecule has 0 radical (unpaired) electrons. The van der Waals surface area contributed by atoms with Crippen molar-refractivity contribution < 1.29 is 9.59 Å². The Labute approximate surface area is 140 Å². The highest BCUT2D eigenvalue weighted by molar-refractivity contribution is 5.86. The van der Waals surface area contributed by atoms with Gasteiger partial charge in [0.2, 0.25) is 11.8 Å². The Morgan fingerprint density at radius 3 is 1.39 bits per heavy atom. The molecule has 2 N–H and O–H groups in total. The van der Waals surface area contributed by atoms with Gasteiger partial charge in [0.15, 0.2) is 0 Å². The molecule has 0 aliphatic heterocycles. The summed E-state index contributed by atoms with van der Waals surface area (Å²) in [6.45, 7) is 11.9. The van der Waals surface area contributed by atoms with Gasteiger partial charge in [0, 0.05) is 24.3 Å². The molecule has 0 aromatic heterocycles. The van der Waals surface area contributed by atoms with E-state index >= 15 is 0 Å². The standard InChI is InChI=1S/C17H32N4O2/c1-12(2)14(5)18-20-16(22)10-8-7-9-11-17(23)21-19-15(6)13(3)4/h12-13H,7-11H2,1-6H3,(H,20,22)(H,21,23)/b18-14-,19-15-. The number of carbonyl (C=O) groups is 2. The fraction of sp³-hybridized carbons (Fsp3) is 0.765. The van der Waals surface area contributed by atoms with E-state index in [1.165, 1.54) is 0 Å². The molecule has 0 heterocycles. The Kier molecular flexibility index (Phi) is 10.9. The van der Waals surface area contributed by atoms with Crippen LogP contribution in [-0.4, -0.2) is 23.2 Å². The quantitative estimate of drug-likeness (QED) is 0.367. The number of unbranched alkanes of at least 4 members (excludes halogenated alkanes) is 2. The average Bonchev–Trinajstić information content (AvgIpc) is 2.49. The van der Waals surface area contributed by atoms with Gasteiger partial charge in [-0.3, -0.25) is 9.59 Å². The molecule has 0 aromatic rings. The Morgan fingerprint density at radius 1 is 0.739 bits per heavy atom. The molecule has 132 valence electrons. The van der Waals surface area contributed by atoms with Gasteiger partial charge in [-0.05, 0) is 38.5 Å². The van der Waals surface area contributed by atoms with Crippen molar-refractivity contribution in [1.29, 1.82) is 0 Å². The fourth-order valence-corrected chi connectivity index (χ4v) is 1.42. The van der Waals surface area contributed by atoms with Crippen molar-refractivity contribution in [2.75, 3.05) is 0 Å². The number of hydrogen-bond acceptors (Lipinski definition) is 4. The van der Waals surface area contributed by atoms with Gasteiger partial charge in [-0.2, -0.15) is 10.2 Å². The van der Waals surface area contributed by atoms with Gasteiger partial charge in [-0.25, -0.2) is 10.9 Å². The highest BCUT2D eigenvalue weighted by Gasteiger charge is 2.04. The summed E-state index contributed by atoms with van der Waals surface area (Å²) in [7, 11) is 0. The highest BCUT2D eigenvalue weighted by Crippen LogP contribution is 2.03. The molecule has 0 unspecified atom stereocenters. The molecule has 0 saturated carbocycles. The third-order valence-corrected chi connectivity index (χ3v) is 3.69. The second-order valence-electron chi connectivity index (χ2n) is 6.45. The molecule has 0 fully saturated rings. The lowest BCUT2D eigenvalue weighted by atomic mass is 10.1. The zero-order valence-electron chi connectivity index (χ0n) is 15.4. The predicted molar refractivity (Wildman–Crippen MR) is 95.3 cm³/mol. The Balaban J connectivity index is 3.77. The van der Waals surface area contributed by atoms with Crippen molar-refractivity contribution in [2.45, 2.75) is 73.6 Å². The zero-order chi connectivity index (χ0) is 17.8. The minimum Gasteiger partial charge on any atom is -0.273 e. The van der Waals surface area contributed by atoms with Crippen LogP contribution in [0.15, 0.2) is 10.2 Å². The van der Waals surface area contributed by atoms with Crippen LogP contribution in [0.2, 0.25) is 0 Å². The summed E-state index contributed by atoms with van der Waals surface area (Å²) in [4.78, 5) is 23.2. The summed E-state index contributed by atoms with van der Waals surface area (Å²) in [5, 5.41) is 8.09. The van der Waals surface area contributed by atoms with Gasteiger partial charge < -0.3 is 0 Å². The second-order valence-corrected chi connectivity index (χ2v) is 6.45. The first-order valence-corrected chi connectivity index (χ1v) is 8.40. The van der Waals surface area contributed by atoms with Crippen LogP contribution >= 0.6 is 0 Å². The number of rotatable bonds is 10. The number of amides is 2. The van der Waals surface area contributed by atoms with E-state index < -0.39 is 0 Å². The molecule has 0 saturated heterocycles. The van der Waals surface area contributed by atoms with E-state index in [2.05, 4.69) is 21.1 Å². The smallest absolute Gasteiger partial charge is 0.240 e. The molecule has 0 bridgehead atoms. The summed E-state index contributed by atoms with van der Waals surface area (Å²) >= 11 is 0. The van der Waals surface area contributed by atoms with Crippen molar-refractivity contribution in [3.8, 4) is 0 Å². The third-order valence-electron chi connectivity index (χ3n) is 3.69. The third kappa shape index (κ3) is 11.5. The number of carbonyl (C=O) groups excluding carboxylic acids is 2. The van der Waals surface area contributed by atoms with Crippen LogP contribution in [0, 0.1) is 11.8 Å². The predicted octanol–water partition coefficient (Wildman–Crippen LogP) is 3.23. The van der Waals surface area contributed by atoms with Crippen molar-refractivity contribution in [2.24, 2.45) is 22.0 Å². The summed E-state index contributed by atoms with van der Waals surface area (Å²) in [5.74, 6) is 0.504. The van der Waals surface area contributed by atoms with Gasteiger partial charge in [0.25, 0.3) is 0 Å². The van der Waals surface area contributed by atoms with Crippen LogP contribution in [-0.2, 0) is 9.59 Å². The minimum absolute atomic E-state index is 0.0772. The van der Waals surface area contributed by atoms with Crippen LogP contribution in [0.1, 0.15) is 73.6 Å². The largest absolute Gasteiger partial charge is 0.273 e. The number of nitrogens with one attached hydrogen (secondary N) is 2. The maximum Gasteiger partial charge on any atom is 0.240 e. The molecule has 0 aromatic carbocycles. The fourth-order valence-electron chi connectivity index (χ4n) is 1.42. The summed E-state index contributed by atoms with van der Waals surface area (Å²) in [6.07, 6.45) is 3.20. The molecule has 2 amide bonds. The highest BCUT2D eigenvalue weighted by atomic mass is 16.2. The maximum absolute atomic E-state index is 11.6. The van der Waals surface area contributed by atoms with E-state index in [-0.39, 0.29) is 11.8 Å². The maximum atomic E-state index is 11.6. The minimum atomic E-state index is -0.0772. The second kappa shape index (κ2) is 11.8. The molecular formula is C17H32N4O2. The van der Waals surface area contributed by atoms with E-state index in [1.807, 2.05) is 41.5 Å². The summed E-state index contributed by atoms with van der Waals surface area (Å²) < 4.78 is 0. The van der Waals surface area contributed by atoms with Crippen molar-refractivity contribution in [3.63, 3.8) is 0 Å². The van der Waals surface area contributed by atoms with Crippen LogP contribution in [0.5, 0.6) is 0 Å². The molecule has 0 aliphatic rings. The lowest BCUT2D eigenvalue weighted by Gasteiger charge is -2.06. The molecule has 0 atom stereocenters. The molecule has 23 heavy (non-hydrogen) atoms. The van der Waals surface area contributed by atoms with Crippen LogP contribution in [0.3, 0.4) is 0 Å². The number of hydrogen-bond donors (Lipinski definition) is 2. The molecule has 0 rings (SSSR count). The molecule has 6 heteroatoms. The Hall–Kier alpha value is -1.72. The van der Waals surface area contributed by atoms with Gasteiger partial charge in [0.05, 0.1) is 0 Å². The Morgan fingerprint density at radius 2 is 1.09 bits per heavy atom. The SMILES string of the molecule is C/C(=N/NC(=O)CCCCCC(=O)N/N=C(/C)C(C)C)C(C)C. The normalized spacial score (nSPS) is 12.7. The van der Waals surface area contributed by atoms with Crippen molar-refractivity contribution >= 4 is 23.2 Å². The summed E-state index contributed by atoms with van der Waals surface area (Å²) in [5.41, 5.74) is 6.94. The monoisotopic (exact) mass is 324 g/mol. The first-order valence-electron chi connectivity index (χ1n) is 8.40. The van der Waals surface area contributed by atoms with Gasteiger partial charge in [-0.15, -0.1) is 0 Å². The van der Waals surface area contributed by atoms with Crippen LogP contribution in [0.4, 0.5) is 0 Å². The van der Waals surface area contributed by atoms with E-state index in [0.29, 0.717) is 24.7 Å².